The zero-order valence-corrected chi connectivity index (χ0v) is 11.8. The van der Waals surface area contributed by atoms with E-state index in [9.17, 15) is 4.21 Å². The van der Waals surface area contributed by atoms with Crippen LogP contribution in [0.5, 0.6) is 0 Å². The standard InChI is InChI=1S/C12H18N4OS/c1-8(16-18(17)12(2,3)4)11-14-7-10-9(15-11)5-6-13-10/h5-8,13,16H,1-4H3. The predicted octanol–water partition coefficient (Wildman–Crippen LogP) is 2.07. The molecule has 2 unspecified atom stereocenters. The largest absolute Gasteiger partial charge is 0.359 e. The summed E-state index contributed by atoms with van der Waals surface area (Å²) < 4.78 is 14.7. The van der Waals surface area contributed by atoms with Crippen molar-refractivity contribution < 1.29 is 4.21 Å². The van der Waals surface area contributed by atoms with Gasteiger partial charge < -0.3 is 4.98 Å². The summed E-state index contributed by atoms with van der Waals surface area (Å²) in [5.74, 6) is 0.653. The van der Waals surface area contributed by atoms with Gasteiger partial charge in [-0.15, -0.1) is 0 Å². The van der Waals surface area contributed by atoms with Crippen LogP contribution < -0.4 is 4.72 Å². The molecule has 2 atom stereocenters. The van der Waals surface area contributed by atoms with Crippen LogP contribution in [0.15, 0.2) is 18.5 Å². The molecule has 0 saturated carbocycles. The summed E-state index contributed by atoms with van der Waals surface area (Å²) in [5, 5.41) is 0. The Bertz CT molecular complexity index is 573. The highest BCUT2D eigenvalue weighted by Crippen LogP contribution is 2.16. The molecule has 2 aromatic heterocycles. The van der Waals surface area contributed by atoms with E-state index in [-0.39, 0.29) is 10.8 Å². The molecule has 0 bridgehead atoms. The Morgan fingerprint density at radius 3 is 2.83 bits per heavy atom. The molecule has 0 aliphatic carbocycles. The molecule has 0 fully saturated rings. The number of aromatic amines is 1. The van der Waals surface area contributed by atoms with E-state index in [1.165, 1.54) is 0 Å². The van der Waals surface area contributed by atoms with Crippen LogP contribution in [0.3, 0.4) is 0 Å². The van der Waals surface area contributed by atoms with Gasteiger partial charge in [-0.1, -0.05) is 0 Å². The second-order valence-corrected chi connectivity index (χ2v) is 7.22. The van der Waals surface area contributed by atoms with E-state index >= 15 is 0 Å². The highest BCUT2D eigenvalue weighted by Gasteiger charge is 2.22. The van der Waals surface area contributed by atoms with Crippen molar-refractivity contribution in [2.24, 2.45) is 0 Å². The molecule has 2 N–H and O–H groups in total. The van der Waals surface area contributed by atoms with Crippen molar-refractivity contribution in [3.05, 3.63) is 24.3 Å². The Morgan fingerprint density at radius 2 is 2.17 bits per heavy atom. The van der Waals surface area contributed by atoms with Gasteiger partial charge in [0.1, 0.15) is 5.82 Å². The van der Waals surface area contributed by atoms with E-state index in [1.54, 1.807) is 6.20 Å². The summed E-state index contributed by atoms with van der Waals surface area (Å²) >= 11 is 0. The number of nitrogens with zero attached hydrogens (tertiary/aromatic N) is 2. The molecule has 0 amide bonds. The Morgan fingerprint density at radius 1 is 1.44 bits per heavy atom. The van der Waals surface area contributed by atoms with Crippen molar-refractivity contribution in [3.8, 4) is 0 Å². The van der Waals surface area contributed by atoms with E-state index in [4.69, 9.17) is 0 Å². The molecule has 18 heavy (non-hydrogen) atoms. The highest BCUT2D eigenvalue weighted by molar-refractivity contribution is 7.84. The maximum Gasteiger partial charge on any atom is 0.146 e. The minimum atomic E-state index is -1.13. The first-order valence-electron chi connectivity index (χ1n) is 5.86. The lowest BCUT2D eigenvalue weighted by atomic mass is 10.3. The first kappa shape index (κ1) is 13.2. The van der Waals surface area contributed by atoms with Gasteiger partial charge in [0.15, 0.2) is 0 Å². The fraction of sp³-hybridized carbons (Fsp3) is 0.500. The molecular formula is C12H18N4OS. The van der Waals surface area contributed by atoms with Gasteiger partial charge >= 0.3 is 0 Å². The Kier molecular flexibility index (Phi) is 3.49. The predicted molar refractivity (Wildman–Crippen MR) is 73.3 cm³/mol. The van der Waals surface area contributed by atoms with Crippen LogP contribution in [0.1, 0.15) is 39.6 Å². The van der Waals surface area contributed by atoms with Crippen LogP contribution in [0.25, 0.3) is 11.0 Å². The van der Waals surface area contributed by atoms with Gasteiger partial charge in [0.2, 0.25) is 0 Å². The number of nitrogens with one attached hydrogen (secondary N) is 2. The third kappa shape index (κ3) is 2.76. The van der Waals surface area contributed by atoms with Gasteiger partial charge in [0, 0.05) is 6.20 Å². The van der Waals surface area contributed by atoms with Crippen molar-refractivity contribution in [1.82, 2.24) is 19.7 Å². The van der Waals surface area contributed by atoms with Crippen LogP contribution in [0.2, 0.25) is 0 Å². The minimum Gasteiger partial charge on any atom is -0.359 e. The molecule has 5 nitrogen and oxygen atoms in total. The second kappa shape index (κ2) is 4.78. The van der Waals surface area contributed by atoms with Crippen molar-refractivity contribution in [1.29, 1.82) is 0 Å². The first-order chi connectivity index (χ1) is 8.38. The number of hydrogen-bond donors (Lipinski definition) is 2. The molecule has 2 heterocycles. The van der Waals surface area contributed by atoms with Crippen LogP contribution in [0.4, 0.5) is 0 Å². The van der Waals surface area contributed by atoms with Crippen molar-refractivity contribution in [3.63, 3.8) is 0 Å². The SMILES string of the molecule is CC(NS(=O)C(C)(C)C)c1ncc2[nH]ccc2n1. The Hall–Kier alpha value is -1.27. The third-order valence-electron chi connectivity index (χ3n) is 2.54. The summed E-state index contributed by atoms with van der Waals surface area (Å²) in [5.41, 5.74) is 1.78. The quantitative estimate of drug-likeness (QED) is 0.893. The zero-order chi connectivity index (χ0) is 13.3. The molecule has 6 heteroatoms. The monoisotopic (exact) mass is 266 g/mol. The summed E-state index contributed by atoms with van der Waals surface area (Å²) in [6, 6.07) is 1.75. The van der Waals surface area contributed by atoms with E-state index in [1.807, 2.05) is 40.0 Å². The van der Waals surface area contributed by atoms with Gasteiger partial charge in [-0.25, -0.2) is 18.9 Å². The van der Waals surface area contributed by atoms with Crippen LogP contribution in [-0.2, 0) is 11.0 Å². The van der Waals surface area contributed by atoms with Crippen LogP contribution in [-0.4, -0.2) is 23.9 Å². The summed E-state index contributed by atoms with van der Waals surface area (Å²) in [4.78, 5) is 11.8. The molecule has 0 aliphatic rings. The van der Waals surface area contributed by atoms with E-state index in [2.05, 4.69) is 19.7 Å². The molecular weight excluding hydrogens is 248 g/mol. The highest BCUT2D eigenvalue weighted by atomic mass is 32.2. The molecule has 98 valence electrons. The number of aromatic nitrogens is 3. The van der Waals surface area contributed by atoms with Crippen LogP contribution in [0, 0.1) is 0 Å². The van der Waals surface area contributed by atoms with Crippen molar-refractivity contribution in [2.75, 3.05) is 0 Å². The topological polar surface area (TPSA) is 70.7 Å². The zero-order valence-electron chi connectivity index (χ0n) is 11.0. The molecule has 0 saturated heterocycles. The summed E-state index contributed by atoms with van der Waals surface area (Å²) in [6.45, 7) is 7.70. The molecule has 0 spiro atoms. The number of hydrogen-bond acceptors (Lipinski definition) is 3. The van der Waals surface area contributed by atoms with E-state index < -0.39 is 11.0 Å². The number of fused-ring (bicyclic) bond motifs is 1. The summed E-state index contributed by atoms with van der Waals surface area (Å²) in [6.07, 6.45) is 3.57. The van der Waals surface area contributed by atoms with Crippen molar-refractivity contribution >= 4 is 22.0 Å². The molecule has 2 rings (SSSR count). The number of rotatable bonds is 3. The van der Waals surface area contributed by atoms with Gasteiger partial charge in [0.05, 0.1) is 39.0 Å². The molecule has 2 aromatic rings. The second-order valence-electron chi connectivity index (χ2n) is 5.23. The smallest absolute Gasteiger partial charge is 0.146 e. The lowest BCUT2D eigenvalue weighted by Crippen LogP contribution is -2.35. The Balaban J connectivity index is 2.18. The number of H-pyrrole nitrogens is 1. The molecule has 0 radical (unpaired) electrons. The lowest BCUT2D eigenvalue weighted by Gasteiger charge is -2.21. The van der Waals surface area contributed by atoms with Gasteiger partial charge in [-0.3, -0.25) is 0 Å². The normalized spacial score (nSPS) is 15.8. The maximum atomic E-state index is 12.0. The van der Waals surface area contributed by atoms with Crippen LogP contribution >= 0.6 is 0 Å². The summed E-state index contributed by atoms with van der Waals surface area (Å²) in [7, 11) is -1.13. The average molecular weight is 266 g/mol. The van der Waals surface area contributed by atoms with Gasteiger partial charge in [-0.05, 0) is 33.8 Å². The molecule has 0 aromatic carbocycles. The van der Waals surface area contributed by atoms with Gasteiger partial charge in [-0.2, -0.15) is 0 Å². The van der Waals surface area contributed by atoms with E-state index in [0.29, 0.717) is 5.82 Å². The fourth-order valence-electron chi connectivity index (χ4n) is 1.46. The molecule has 0 aliphatic heterocycles. The minimum absolute atomic E-state index is 0.149. The first-order valence-corrected chi connectivity index (χ1v) is 7.01. The third-order valence-corrected chi connectivity index (χ3v) is 4.22. The maximum absolute atomic E-state index is 12.0. The Labute approximate surface area is 109 Å². The van der Waals surface area contributed by atoms with E-state index in [0.717, 1.165) is 11.0 Å². The lowest BCUT2D eigenvalue weighted by molar-refractivity contribution is 0.605. The average Bonchev–Trinajstić information content (AvgIpc) is 2.74. The van der Waals surface area contributed by atoms with Gasteiger partial charge in [0.25, 0.3) is 0 Å². The fourth-order valence-corrected chi connectivity index (χ4v) is 2.24. The van der Waals surface area contributed by atoms with Crippen molar-refractivity contribution in [2.45, 2.75) is 38.5 Å².